The molecule has 3 unspecified atom stereocenters. The van der Waals surface area contributed by atoms with E-state index in [1.165, 1.54) is 0 Å². The molecule has 1 aliphatic heterocycles. The number of hydrogen-bond acceptors (Lipinski definition) is 3. The highest BCUT2D eigenvalue weighted by Crippen LogP contribution is 2.12. The molecule has 0 saturated carbocycles. The largest absolute Gasteiger partial charge is 0.386 e. The van der Waals surface area contributed by atoms with Crippen molar-refractivity contribution in [3.63, 3.8) is 0 Å². The van der Waals surface area contributed by atoms with E-state index >= 15 is 0 Å². The van der Waals surface area contributed by atoms with Crippen molar-refractivity contribution in [2.45, 2.75) is 32.3 Å². The number of ether oxygens (including phenoxy) is 2. The van der Waals surface area contributed by atoms with Gasteiger partial charge in [0.1, 0.15) is 0 Å². The quantitative estimate of drug-likeness (QED) is 0.601. The molecule has 3 nitrogen and oxygen atoms in total. The highest BCUT2D eigenvalue weighted by atomic mass is 16.7. The predicted molar refractivity (Wildman–Crippen MR) is 41.1 cm³/mol. The minimum absolute atomic E-state index is 0.170. The van der Waals surface area contributed by atoms with Crippen LogP contribution in [0.3, 0.4) is 0 Å². The molecular formula is C8H14O3. The van der Waals surface area contributed by atoms with Crippen LogP contribution in [0.15, 0.2) is 12.2 Å². The molecule has 1 N–H and O–H groups in total. The van der Waals surface area contributed by atoms with Crippen LogP contribution in [0.1, 0.15) is 13.8 Å². The fourth-order valence-corrected chi connectivity index (χ4v) is 0.958. The fourth-order valence-electron chi connectivity index (χ4n) is 0.958. The molecule has 0 fully saturated rings. The van der Waals surface area contributed by atoms with Gasteiger partial charge in [-0.2, -0.15) is 0 Å². The molecule has 0 saturated heterocycles. The highest BCUT2D eigenvalue weighted by molar-refractivity contribution is 4.98. The van der Waals surface area contributed by atoms with Crippen molar-refractivity contribution in [3.05, 3.63) is 12.2 Å². The minimum atomic E-state index is -0.494. The molecule has 0 bridgehead atoms. The van der Waals surface area contributed by atoms with Crippen LogP contribution in [0.25, 0.3) is 0 Å². The maximum atomic E-state index is 9.20. The Kier molecular flexibility index (Phi) is 3.05. The van der Waals surface area contributed by atoms with E-state index in [-0.39, 0.29) is 12.4 Å². The molecule has 0 aliphatic carbocycles. The molecule has 0 amide bonds. The summed E-state index contributed by atoms with van der Waals surface area (Å²) in [5, 5.41) is 9.20. The van der Waals surface area contributed by atoms with Gasteiger partial charge in [-0.1, -0.05) is 6.08 Å². The lowest BCUT2D eigenvalue weighted by atomic mass is 10.2. The molecule has 0 aromatic carbocycles. The second-order valence-electron chi connectivity index (χ2n) is 2.54. The Hall–Kier alpha value is -0.380. The summed E-state index contributed by atoms with van der Waals surface area (Å²) in [5.74, 6) is 0. The predicted octanol–water partition coefficient (Wildman–Crippen LogP) is 0.685. The van der Waals surface area contributed by atoms with Gasteiger partial charge in [-0.3, -0.25) is 0 Å². The smallest absolute Gasteiger partial charge is 0.177 e. The number of rotatable bonds is 2. The zero-order valence-electron chi connectivity index (χ0n) is 6.86. The second-order valence-corrected chi connectivity index (χ2v) is 2.54. The van der Waals surface area contributed by atoms with Gasteiger partial charge >= 0.3 is 0 Å². The van der Waals surface area contributed by atoms with Crippen LogP contribution in [-0.4, -0.2) is 30.2 Å². The summed E-state index contributed by atoms with van der Waals surface area (Å²) >= 11 is 0. The first-order valence-electron chi connectivity index (χ1n) is 3.87. The van der Waals surface area contributed by atoms with Gasteiger partial charge in [0.15, 0.2) is 6.29 Å². The zero-order valence-corrected chi connectivity index (χ0v) is 6.86. The van der Waals surface area contributed by atoms with E-state index in [1.54, 1.807) is 12.2 Å². The van der Waals surface area contributed by atoms with E-state index in [2.05, 4.69) is 0 Å². The maximum Gasteiger partial charge on any atom is 0.177 e. The number of hydrogen-bond donors (Lipinski definition) is 1. The Labute approximate surface area is 66.6 Å². The first kappa shape index (κ1) is 8.71. The van der Waals surface area contributed by atoms with Crippen LogP contribution in [0, 0.1) is 0 Å². The third-order valence-corrected chi connectivity index (χ3v) is 1.63. The molecule has 3 atom stereocenters. The Morgan fingerprint density at radius 3 is 2.82 bits per heavy atom. The summed E-state index contributed by atoms with van der Waals surface area (Å²) < 4.78 is 10.5. The lowest BCUT2D eigenvalue weighted by Crippen LogP contribution is -2.33. The summed E-state index contributed by atoms with van der Waals surface area (Å²) in [5.41, 5.74) is 0. The van der Waals surface area contributed by atoms with E-state index in [0.717, 1.165) is 0 Å². The molecule has 1 aliphatic rings. The Balaban J connectivity index is 2.43. The van der Waals surface area contributed by atoms with Gasteiger partial charge in [-0.05, 0) is 19.9 Å². The topological polar surface area (TPSA) is 38.7 Å². The van der Waals surface area contributed by atoms with E-state index in [4.69, 9.17) is 9.47 Å². The molecule has 0 spiro atoms. The molecule has 11 heavy (non-hydrogen) atoms. The standard InChI is InChI=1S/C8H14O3/c1-3-10-8-5-4-7(9)6(2)11-8/h4-9H,3H2,1-2H3. The monoisotopic (exact) mass is 158 g/mol. The van der Waals surface area contributed by atoms with E-state index in [0.29, 0.717) is 6.61 Å². The third kappa shape index (κ3) is 2.29. The summed E-state index contributed by atoms with van der Waals surface area (Å²) in [6.07, 6.45) is 2.49. The summed E-state index contributed by atoms with van der Waals surface area (Å²) in [6, 6.07) is 0. The Morgan fingerprint density at radius 2 is 2.27 bits per heavy atom. The average Bonchev–Trinajstić information content (AvgIpc) is 1.98. The van der Waals surface area contributed by atoms with E-state index in [9.17, 15) is 5.11 Å². The van der Waals surface area contributed by atoms with Crippen molar-refractivity contribution in [1.82, 2.24) is 0 Å². The molecule has 1 heterocycles. The lowest BCUT2D eigenvalue weighted by Gasteiger charge is -2.26. The van der Waals surface area contributed by atoms with E-state index in [1.807, 2.05) is 13.8 Å². The second kappa shape index (κ2) is 3.85. The van der Waals surface area contributed by atoms with Crippen LogP contribution in [-0.2, 0) is 9.47 Å². The van der Waals surface area contributed by atoms with Crippen molar-refractivity contribution in [3.8, 4) is 0 Å². The Morgan fingerprint density at radius 1 is 1.55 bits per heavy atom. The third-order valence-electron chi connectivity index (χ3n) is 1.63. The normalized spacial score (nSPS) is 37.5. The molecular weight excluding hydrogens is 144 g/mol. The zero-order chi connectivity index (χ0) is 8.27. The summed E-state index contributed by atoms with van der Waals surface area (Å²) in [6.45, 7) is 4.35. The van der Waals surface area contributed by atoms with Crippen LogP contribution < -0.4 is 0 Å². The van der Waals surface area contributed by atoms with Crippen molar-refractivity contribution < 1.29 is 14.6 Å². The molecule has 64 valence electrons. The minimum Gasteiger partial charge on any atom is -0.386 e. The van der Waals surface area contributed by atoms with Gasteiger partial charge in [0.25, 0.3) is 0 Å². The van der Waals surface area contributed by atoms with Gasteiger partial charge < -0.3 is 14.6 Å². The van der Waals surface area contributed by atoms with Crippen molar-refractivity contribution in [2.24, 2.45) is 0 Å². The van der Waals surface area contributed by atoms with Crippen LogP contribution >= 0.6 is 0 Å². The van der Waals surface area contributed by atoms with Crippen LogP contribution in [0.5, 0.6) is 0 Å². The van der Waals surface area contributed by atoms with Crippen molar-refractivity contribution in [2.75, 3.05) is 6.61 Å². The van der Waals surface area contributed by atoms with Gasteiger partial charge in [0.05, 0.1) is 12.2 Å². The van der Waals surface area contributed by atoms with Gasteiger partial charge in [0.2, 0.25) is 0 Å². The fraction of sp³-hybridized carbons (Fsp3) is 0.750. The number of aliphatic hydroxyl groups is 1. The molecule has 0 aromatic rings. The first-order valence-corrected chi connectivity index (χ1v) is 3.87. The Bertz CT molecular complexity index is 144. The molecule has 1 rings (SSSR count). The van der Waals surface area contributed by atoms with Gasteiger partial charge in [-0.25, -0.2) is 0 Å². The van der Waals surface area contributed by atoms with Crippen molar-refractivity contribution >= 4 is 0 Å². The molecule has 3 heteroatoms. The molecule has 0 radical (unpaired) electrons. The van der Waals surface area contributed by atoms with Gasteiger partial charge in [-0.15, -0.1) is 0 Å². The summed E-state index contributed by atoms with van der Waals surface area (Å²) in [7, 11) is 0. The lowest BCUT2D eigenvalue weighted by molar-refractivity contribution is -0.162. The van der Waals surface area contributed by atoms with Crippen LogP contribution in [0.2, 0.25) is 0 Å². The average molecular weight is 158 g/mol. The highest BCUT2D eigenvalue weighted by Gasteiger charge is 2.21. The summed E-state index contributed by atoms with van der Waals surface area (Å²) in [4.78, 5) is 0. The van der Waals surface area contributed by atoms with Crippen LogP contribution in [0.4, 0.5) is 0 Å². The molecule has 0 aromatic heterocycles. The first-order chi connectivity index (χ1) is 5.24. The van der Waals surface area contributed by atoms with Crippen molar-refractivity contribution in [1.29, 1.82) is 0 Å². The number of aliphatic hydroxyl groups excluding tert-OH is 1. The SMILES string of the molecule is CCOC1C=CC(O)C(C)O1. The van der Waals surface area contributed by atoms with Gasteiger partial charge in [0, 0.05) is 6.61 Å². The van der Waals surface area contributed by atoms with E-state index < -0.39 is 6.10 Å². The maximum absolute atomic E-state index is 9.20.